The third kappa shape index (κ3) is 4.01. The van der Waals surface area contributed by atoms with Crippen LogP contribution >= 0.6 is 0 Å². The van der Waals surface area contributed by atoms with Gasteiger partial charge in [0.2, 0.25) is 0 Å². The lowest BCUT2D eigenvalue weighted by Gasteiger charge is -2.13. The Bertz CT molecular complexity index is 442. The van der Waals surface area contributed by atoms with Crippen molar-refractivity contribution in [3.63, 3.8) is 0 Å². The minimum Gasteiger partial charge on any atom is -0.480 e. The van der Waals surface area contributed by atoms with Gasteiger partial charge in [0, 0.05) is 18.4 Å². The van der Waals surface area contributed by atoms with Crippen LogP contribution in [0.2, 0.25) is 0 Å². The number of carbonyl (C=O) groups excluding carboxylic acids is 2. The largest absolute Gasteiger partial charge is 0.480 e. The second-order valence-electron chi connectivity index (χ2n) is 3.83. The van der Waals surface area contributed by atoms with Gasteiger partial charge >= 0.3 is 5.97 Å². The van der Waals surface area contributed by atoms with Crippen molar-refractivity contribution in [3.8, 4) is 0 Å². The summed E-state index contributed by atoms with van der Waals surface area (Å²) in [6.07, 6.45) is 0.0649. The van der Waals surface area contributed by atoms with Gasteiger partial charge in [-0.3, -0.25) is 9.59 Å². The highest BCUT2D eigenvalue weighted by atomic mass is 16.4. The number of ketones is 1. The number of rotatable bonds is 6. The summed E-state index contributed by atoms with van der Waals surface area (Å²) in [7, 11) is 0. The van der Waals surface area contributed by atoms with Crippen molar-refractivity contribution in [2.45, 2.75) is 25.8 Å². The van der Waals surface area contributed by atoms with Gasteiger partial charge in [-0.05, 0) is 12.1 Å². The lowest BCUT2D eigenvalue weighted by atomic mass is 10.1. The Morgan fingerprint density at radius 1 is 1.22 bits per heavy atom. The molecule has 0 fully saturated rings. The first-order valence-electron chi connectivity index (χ1n) is 5.65. The summed E-state index contributed by atoms with van der Waals surface area (Å²) in [6.45, 7) is 1.65. The van der Waals surface area contributed by atoms with Crippen molar-refractivity contribution in [2.75, 3.05) is 0 Å². The maximum absolute atomic E-state index is 11.7. The summed E-state index contributed by atoms with van der Waals surface area (Å²) in [5.41, 5.74) is 0.368. The lowest BCUT2D eigenvalue weighted by molar-refractivity contribution is -0.141. The number of carboxylic acids is 1. The molecule has 0 spiro atoms. The number of aliphatic carboxylic acids is 1. The Balaban J connectivity index is 2.70. The quantitative estimate of drug-likeness (QED) is 0.794. The molecule has 0 radical (unpaired) electrons. The molecule has 0 saturated heterocycles. The Morgan fingerprint density at radius 2 is 1.83 bits per heavy atom. The summed E-state index contributed by atoms with van der Waals surface area (Å²) in [4.78, 5) is 33.9. The second kappa shape index (κ2) is 6.54. The predicted octanol–water partition coefficient (Wildman–Crippen LogP) is 1.24. The number of Topliss-reactive ketones (excluding diaryl/α,β-unsaturated/α-hetero) is 1. The molecular weight excluding hydrogens is 234 g/mol. The lowest BCUT2D eigenvalue weighted by Crippen LogP contribution is -2.42. The summed E-state index contributed by atoms with van der Waals surface area (Å²) in [5, 5.41) is 11.3. The maximum atomic E-state index is 11.7. The van der Waals surface area contributed by atoms with Gasteiger partial charge in [0.15, 0.2) is 0 Å². The van der Waals surface area contributed by atoms with Crippen LogP contribution in [0.4, 0.5) is 0 Å². The molecule has 1 aromatic carbocycles. The van der Waals surface area contributed by atoms with E-state index in [1.54, 1.807) is 37.3 Å². The van der Waals surface area contributed by atoms with E-state index >= 15 is 0 Å². The predicted molar refractivity (Wildman–Crippen MR) is 65.2 cm³/mol. The van der Waals surface area contributed by atoms with Gasteiger partial charge in [-0.25, -0.2) is 4.79 Å². The molecule has 18 heavy (non-hydrogen) atoms. The van der Waals surface area contributed by atoms with Crippen molar-refractivity contribution < 1.29 is 19.5 Å². The molecule has 2 N–H and O–H groups in total. The van der Waals surface area contributed by atoms with Crippen LogP contribution in [0, 0.1) is 0 Å². The van der Waals surface area contributed by atoms with Crippen molar-refractivity contribution >= 4 is 17.7 Å². The number of benzene rings is 1. The number of hydrogen-bond acceptors (Lipinski definition) is 3. The van der Waals surface area contributed by atoms with Crippen LogP contribution in [-0.4, -0.2) is 28.8 Å². The molecule has 0 aliphatic heterocycles. The number of hydrogen-bond donors (Lipinski definition) is 2. The monoisotopic (exact) mass is 249 g/mol. The van der Waals surface area contributed by atoms with E-state index in [9.17, 15) is 14.4 Å². The smallest absolute Gasteiger partial charge is 0.326 e. The average Bonchev–Trinajstić information content (AvgIpc) is 2.38. The molecule has 0 saturated carbocycles. The fraction of sp³-hybridized carbons (Fsp3) is 0.308. The van der Waals surface area contributed by atoms with Gasteiger partial charge in [0.05, 0.1) is 0 Å². The summed E-state index contributed by atoms with van der Waals surface area (Å²) in [5.74, 6) is -1.90. The van der Waals surface area contributed by atoms with Gasteiger partial charge in [-0.2, -0.15) is 0 Å². The standard InChI is InChI=1S/C13H15NO4/c1-2-10(15)8-11(13(17)18)14-12(16)9-6-4-3-5-7-9/h3-7,11H,2,8H2,1H3,(H,14,16)(H,17,18). The number of amides is 1. The molecule has 0 aromatic heterocycles. The highest BCUT2D eigenvalue weighted by Gasteiger charge is 2.22. The molecule has 1 atom stereocenters. The van der Waals surface area contributed by atoms with Gasteiger partial charge in [-0.1, -0.05) is 25.1 Å². The molecule has 5 heteroatoms. The molecule has 5 nitrogen and oxygen atoms in total. The summed E-state index contributed by atoms with van der Waals surface area (Å²) >= 11 is 0. The molecule has 1 unspecified atom stereocenters. The van der Waals surface area contributed by atoms with Crippen LogP contribution in [0.5, 0.6) is 0 Å². The minimum absolute atomic E-state index is 0.190. The van der Waals surface area contributed by atoms with Crippen LogP contribution in [0.3, 0.4) is 0 Å². The first-order valence-corrected chi connectivity index (χ1v) is 5.65. The Morgan fingerprint density at radius 3 is 2.33 bits per heavy atom. The molecular formula is C13H15NO4. The summed E-state index contributed by atoms with van der Waals surface area (Å²) in [6, 6.07) is 7.10. The normalized spacial score (nSPS) is 11.6. The van der Waals surface area contributed by atoms with E-state index in [1.165, 1.54) is 0 Å². The Kier molecular flexibility index (Phi) is 5.05. The minimum atomic E-state index is -1.21. The van der Waals surface area contributed by atoms with Gasteiger partial charge < -0.3 is 10.4 Å². The van der Waals surface area contributed by atoms with E-state index in [1.807, 2.05) is 0 Å². The Hall–Kier alpha value is -2.17. The van der Waals surface area contributed by atoms with E-state index in [-0.39, 0.29) is 18.6 Å². The molecule has 0 bridgehead atoms. The maximum Gasteiger partial charge on any atom is 0.326 e. The molecule has 0 aliphatic rings. The zero-order chi connectivity index (χ0) is 13.5. The Labute approximate surface area is 105 Å². The van der Waals surface area contributed by atoms with Gasteiger partial charge in [-0.15, -0.1) is 0 Å². The van der Waals surface area contributed by atoms with Crippen LogP contribution in [0.25, 0.3) is 0 Å². The average molecular weight is 249 g/mol. The van der Waals surface area contributed by atoms with E-state index in [0.717, 1.165) is 0 Å². The number of nitrogens with one attached hydrogen (secondary N) is 1. The van der Waals surface area contributed by atoms with Crippen molar-refractivity contribution in [3.05, 3.63) is 35.9 Å². The van der Waals surface area contributed by atoms with Crippen molar-refractivity contribution in [1.29, 1.82) is 0 Å². The fourth-order valence-electron chi connectivity index (χ4n) is 1.40. The van der Waals surface area contributed by atoms with Crippen molar-refractivity contribution in [2.24, 2.45) is 0 Å². The van der Waals surface area contributed by atoms with Crippen LogP contribution in [0.1, 0.15) is 30.1 Å². The molecule has 1 rings (SSSR count). The molecule has 0 aliphatic carbocycles. The van der Waals surface area contributed by atoms with Gasteiger partial charge in [0.25, 0.3) is 5.91 Å². The fourth-order valence-corrected chi connectivity index (χ4v) is 1.40. The second-order valence-corrected chi connectivity index (χ2v) is 3.83. The zero-order valence-electron chi connectivity index (χ0n) is 10.1. The zero-order valence-corrected chi connectivity index (χ0v) is 10.1. The van der Waals surface area contributed by atoms with E-state index in [4.69, 9.17) is 5.11 Å². The van der Waals surface area contributed by atoms with Crippen LogP contribution < -0.4 is 5.32 Å². The topological polar surface area (TPSA) is 83.5 Å². The van der Waals surface area contributed by atoms with E-state index in [0.29, 0.717) is 5.56 Å². The first-order chi connectivity index (χ1) is 8.54. The molecule has 1 aromatic rings. The third-order valence-electron chi connectivity index (χ3n) is 2.47. The molecule has 96 valence electrons. The number of carboxylic acid groups (broad SMARTS) is 1. The van der Waals surface area contributed by atoms with Gasteiger partial charge in [0.1, 0.15) is 11.8 Å². The van der Waals surface area contributed by atoms with E-state index < -0.39 is 17.9 Å². The van der Waals surface area contributed by atoms with Crippen LogP contribution in [-0.2, 0) is 9.59 Å². The molecule has 0 heterocycles. The van der Waals surface area contributed by atoms with Crippen molar-refractivity contribution in [1.82, 2.24) is 5.32 Å². The highest BCUT2D eigenvalue weighted by molar-refractivity contribution is 5.97. The summed E-state index contributed by atoms with van der Waals surface area (Å²) < 4.78 is 0. The number of carbonyl (C=O) groups is 3. The molecule has 1 amide bonds. The third-order valence-corrected chi connectivity index (χ3v) is 2.47. The first kappa shape index (κ1) is 13.9. The SMILES string of the molecule is CCC(=O)CC(NC(=O)c1ccccc1)C(=O)O. The van der Waals surface area contributed by atoms with Crippen LogP contribution in [0.15, 0.2) is 30.3 Å². The highest BCUT2D eigenvalue weighted by Crippen LogP contribution is 2.02. The van der Waals surface area contributed by atoms with E-state index in [2.05, 4.69) is 5.32 Å².